The number of carboxylic acid groups (broad SMARTS) is 1. The lowest BCUT2D eigenvalue weighted by Crippen LogP contribution is -2.21. The molecule has 0 radical (unpaired) electrons. The molecule has 2 N–H and O–H groups in total. The SMILES string of the molecule is Cc1c(C(CC(C)(C)C)C(=O)O)c2c(F)c(O)c(F)cc2n1C(=O)c1cccc(F)c1. The summed E-state index contributed by atoms with van der Waals surface area (Å²) in [6.45, 7) is 6.84. The Kier molecular flexibility index (Phi) is 5.60. The van der Waals surface area contributed by atoms with E-state index in [1.807, 2.05) is 20.8 Å². The predicted molar refractivity (Wildman–Crippen MR) is 109 cm³/mol. The van der Waals surface area contributed by atoms with E-state index in [-0.39, 0.29) is 34.1 Å². The first-order valence-electron chi connectivity index (χ1n) is 9.58. The molecule has 31 heavy (non-hydrogen) atoms. The molecule has 0 amide bonds. The Balaban J connectivity index is 2.41. The molecule has 164 valence electrons. The summed E-state index contributed by atoms with van der Waals surface area (Å²) < 4.78 is 43.9. The molecule has 1 atom stereocenters. The molecule has 0 aliphatic carbocycles. The molecule has 5 nitrogen and oxygen atoms in total. The average molecular weight is 433 g/mol. The fourth-order valence-corrected chi connectivity index (χ4v) is 3.87. The average Bonchev–Trinajstić information content (AvgIpc) is 2.94. The summed E-state index contributed by atoms with van der Waals surface area (Å²) in [5, 5.41) is 19.4. The lowest BCUT2D eigenvalue weighted by atomic mass is 9.80. The molecule has 1 heterocycles. The van der Waals surface area contributed by atoms with Crippen LogP contribution < -0.4 is 0 Å². The number of hydrogen-bond donors (Lipinski definition) is 2. The maximum atomic E-state index is 15.0. The second-order valence-corrected chi connectivity index (χ2v) is 8.72. The van der Waals surface area contributed by atoms with Gasteiger partial charge in [0.05, 0.1) is 11.4 Å². The number of nitrogens with zero attached hydrogens (tertiary/aromatic N) is 1. The quantitative estimate of drug-likeness (QED) is 0.580. The zero-order chi connectivity index (χ0) is 23.2. The fraction of sp³-hybridized carbons (Fsp3) is 0.304. The molecule has 0 aliphatic heterocycles. The van der Waals surface area contributed by atoms with Crippen LogP contribution in [0.15, 0.2) is 30.3 Å². The highest BCUT2D eigenvalue weighted by atomic mass is 19.1. The molecule has 3 rings (SSSR count). The molecule has 1 aromatic heterocycles. The second kappa shape index (κ2) is 7.76. The Labute approximate surface area is 176 Å². The molecule has 8 heteroatoms. The molecule has 0 bridgehead atoms. The van der Waals surface area contributed by atoms with Crippen LogP contribution in [0.3, 0.4) is 0 Å². The van der Waals surface area contributed by atoms with E-state index in [1.54, 1.807) is 0 Å². The van der Waals surface area contributed by atoms with Crippen molar-refractivity contribution in [2.24, 2.45) is 5.41 Å². The number of halogens is 3. The van der Waals surface area contributed by atoms with Crippen LogP contribution in [0, 0.1) is 29.8 Å². The maximum Gasteiger partial charge on any atom is 0.311 e. The van der Waals surface area contributed by atoms with Crippen molar-refractivity contribution in [3.8, 4) is 5.75 Å². The highest BCUT2D eigenvalue weighted by molar-refractivity contribution is 6.05. The van der Waals surface area contributed by atoms with Gasteiger partial charge in [-0.3, -0.25) is 14.2 Å². The molecule has 0 fully saturated rings. The van der Waals surface area contributed by atoms with Gasteiger partial charge in [0, 0.05) is 22.7 Å². The summed E-state index contributed by atoms with van der Waals surface area (Å²) in [4.78, 5) is 25.3. The van der Waals surface area contributed by atoms with Crippen LogP contribution in [0.25, 0.3) is 10.9 Å². The summed E-state index contributed by atoms with van der Waals surface area (Å²) in [6, 6.07) is 5.55. The van der Waals surface area contributed by atoms with E-state index in [4.69, 9.17) is 0 Å². The van der Waals surface area contributed by atoms with Crippen molar-refractivity contribution in [1.29, 1.82) is 0 Å². The van der Waals surface area contributed by atoms with Gasteiger partial charge in [0.2, 0.25) is 0 Å². The van der Waals surface area contributed by atoms with E-state index in [0.717, 1.165) is 22.8 Å². The van der Waals surface area contributed by atoms with Crippen LogP contribution >= 0.6 is 0 Å². The van der Waals surface area contributed by atoms with Gasteiger partial charge >= 0.3 is 5.97 Å². The number of phenolic OH excluding ortho intramolecular Hbond substituents is 1. The number of aliphatic carboxylic acids is 1. The van der Waals surface area contributed by atoms with E-state index >= 15 is 4.39 Å². The van der Waals surface area contributed by atoms with Gasteiger partial charge in [0.25, 0.3) is 5.91 Å². The number of phenols is 1. The van der Waals surface area contributed by atoms with Crippen LogP contribution in [0.1, 0.15) is 54.7 Å². The second-order valence-electron chi connectivity index (χ2n) is 8.72. The first kappa shape index (κ1) is 22.4. The van der Waals surface area contributed by atoms with E-state index in [2.05, 4.69) is 0 Å². The van der Waals surface area contributed by atoms with Crippen molar-refractivity contribution in [1.82, 2.24) is 4.57 Å². The molecular formula is C23H22F3NO4. The number of aromatic hydroxyl groups is 1. The van der Waals surface area contributed by atoms with Crippen molar-refractivity contribution in [3.05, 3.63) is 64.6 Å². The lowest BCUT2D eigenvalue weighted by Gasteiger charge is -2.24. The Hall–Kier alpha value is -3.29. The Morgan fingerprint density at radius 3 is 2.32 bits per heavy atom. The predicted octanol–water partition coefficient (Wildman–Crippen LogP) is 5.37. The third kappa shape index (κ3) is 4.02. The normalized spacial score (nSPS) is 12.9. The molecule has 1 unspecified atom stereocenters. The lowest BCUT2D eigenvalue weighted by molar-refractivity contribution is -0.139. The monoisotopic (exact) mass is 433 g/mol. The van der Waals surface area contributed by atoms with E-state index in [9.17, 15) is 28.6 Å². The smallest absolute Gasteiger partial charge is 0.311 e. The third-order valence-corrected chi connectivity index (χ3v) is 5.15. The minimum atomic E-state index is -1.35. The van der Waals surface area contributed by atoms with E-state index in [1.165, 1.54) is 19.1 Å². The van der Waals surface area contributed by atoms with E-state index < -0.39 is 46.4 Å². The van der Waals surface area contributed by atoms with Gasteiger partial charge in [-0.15, -0.1) is 0 Å². The highest BCUT2D eigenvalue weighted by Gasteiger charge is 2.35. The number of carbonyl (C=O) groups is 2. The molecule has 0 spiro atoms. The van der Waals surface area contributed by atoms with Crippen molar-refractivity contribution in [2.75, 3.05) is 0 Å². The number of aromatic nitrogens is 1. The molecule has 0 saturated heterocycles. The van der Waals surface area contributed by atoms with Gasteiger partial charge in [0.1, 0.15) is 5.82 Å². The number of rotatable bonds is 4. The molecule has 0 aliphatic rings. The van der Waals surface area contributed by atoms with Gasteiger partial charge in [-0.05, 0) is 42.5 Å². The van der Waals surface area contributed by atoms with Gasteiger partial charge in [-0.25, -0.2) is 13.2 Å². The topological polar surface area (TPSA) is 79.5 Å². The van der Waals surface area contributed by atoms with Gasteiger partial charge in [0.15, 0.2) is 17.4 Å². The summed E-state index contributed by atoms with van der Waals surface area (Å²) in [5.41, 5.74) is -0.757. The van der Waals surface area contributed by atoms with Crippen molar-refractivity contribution < 1.29 is 33.0 Å². The minimum Gasteiger partial charge on any atom is -0.503 e. The van der Waals surface area contributed by atoms with Crippen molar-refractivity contribution in [3.63, 3.8) is 0 Å². The largest absolute Gasteiger partial charge is 0.503 e. The minimum absolute atomic E-state index is 0.0324. The van der Waals surface area contributed by atoms with Crippen LogP contribution in [0.5, 0.6) is 5.75 Å². The summed E-state index contributed by atoms with van der Waals surface area (Å²) in [5.74, 6) is -7.85. The first-order chi connectivity index (χ1) is 14.3. The van der Waals surface area contributed by atoms with Crippen LogP contribution in [0.2, 0.25) is 0 Å². The highest BCUT2D eigenvalue weighted by Crippen LogP contribution is 2.42. The summed E-state index contributed by atoms with van der Waals surface area (Å²) in [6.07, 6.45) is 0.0913. The van der Waals surface area contributed by atoms with Crippen molar-refractivity contribution in [2.45, 2.75) is 40.0 Å². The Morgan fingerprint density at radius 1 is 1.13 bits per heavy atom. The maximum absolute atomic E-state index is 15.0. The number of benzene rings is 2. The van der Waals surface area contributed by atoms with Crippen molar-refractivity contribution >= 4 is 22.8 Å². The van der Waals surface area contributed by atoms with Crippen LogP contribution in [-0.4, -0.2) is 26.7 Å². The fourth-order valence-electron chi connectivity index (χ4n) is 3.87. The molecule has 3 aromatic rings. The van der Waals surface area contributed by atoms with Crippen LogP contribution in [-0.2, 0) is 4.79 Å². The van der Waals surface area contributed by atoms with Gasteiger partial charge in [-0.2, -0.15) is 0 Å². The standard InChI is InChI=1S/C23H22F3NO4/c1-11-17(14(22(30)31)10-23(2,3)4)18-16(9-15(25)20(28)19(18)26)27(11)21(29)12-6-5-7-13(24)8-12/h5-9,14,28H,10H2,1-4H3,(H,30,31). The molecule has 2 aromatic carbocycles. The van der Waals surface area contributed by atoms with E-state index in [0.29, 0.717) is 0 Å². The zero-order valence-corrected chi connectivity index (χ0v) is 17.5. The van der Waals surface area contributed by atoms with Crippen LogP contribution in [0.4, 0.5) is 13.2 Å². The molecule has 0 saturated carbocycles. The summed E-state index contributed by atoms with van der Waals surface area (Å²) in [7, 11) is 0. The number of carbonyl (C=O) groups excluding carboxylic acids is 1. The van der Waals surface area contributed by atoms with Gasteiger partial charge in [-0.1, -0.05) is 26.8 Å². The number of carboxylic acids is 1. The zero-order valence-electron chi connectivity index (χ0n) is 17.5. The Morgan fingerprint density at radius 2 is 1.77 bits per heavy atom. The van der Waals surface area contributed by atoms with Gasteiger partial charge < -0.3 is 10.2 Å². The summed E-state index contributed by atoms with van der Waals surface area (Å²) >= 11 is 0. The third-order valence-electron chi connectivity index (χ3n) is 5.15. The molecular weight excluding hydrogens is 411 g/mol. The number of hydrogen-bond acceptors (Lipinski definition) is 3. The first-order valence-corrected chi connectivity index (χ1v) is 9.58. The number of fused-ring (bicyclic) bond motifs is 1. The Bertz CT molecular complexity index is 1210.